The predicted octanol–water partition coefficient (Wildman–Crippen LogP) is 3.15. The summed E-state index contributed by atoms with van der Waals surface area (Å²) in [6.07, 6.45) is 6.32. The summed E-state index contributed by atoms with van der Waals surface area (Å²) in [5, 5.41) is 14.0. The van der Waals surface area contributed by atoms with Gasteiger partial charge in [0.25, 0.3) is 11.8 Å². The molecule has 1 aromatic carbocycles. The summed E-state index contributed by atoms with van der Waals surface area (Å²) < 4.78 is 11.0. The third-order valence-corrected chi connectivity index (χ3v) is 6.86. The molecule has 2 aliphatic carbocycles. The number of fused-ring (bicyclic) bond motifs is 5. The maximum atomic E-state index is 12.7. The molecule has 3 aliphatic rings. The number of rotatable bonds is 5. The first-order valence-electron chi connectivity index (χ1n) is 8.63. The summed E-state index contributed by atoms with van der Waals surface area (Å²) in [5.41, 5.74) is 0.505. The monoisotopic (exact) mass is 463 g/mol. The van der Waals surface area contributed by atoms with Crippen LogP contribution >= 0.6 is 27.5 Å². The SMILES string of the molecule is COc1cc(C=NN2C(=O)[C@@H]3[C@H](C2=O)[C@H]2C=C[C@H]3C2)c(Br)c(Cl)c1OCC#N. The highest BCUT2D eigenvalue weighted by atomic mass is 79.9. The van der Waals surface area contributed by atoms with Crippen molar-refractivity contribution in [2.24, 2.45) is 28.8 Å². The number of hydrazone groups is 1. The van der Waals surface area contributed by atoms with E-state index in [-0.39, 0.29) is 52.9 Å². The Bertz CT molecular complexity index is 941. The lowest BCUT2D eigenvalue weighted by molar-refractivity contribution is -0.140. The fourth-order valence-electron chi connectivity index (χ4n) is 4.21. The van der Waals surface area contributed by atoms with E-state index in [0.717, 1.165) is 11.4 Å². The van der Waals surface area contributed by atoms with Gasteiger partial charge in [-0.25, -0.2) is 0 Å². The second-order valence-electron chi connectivity index (χ2n) is 6.80. The van der Waals surface area contributed by atoms with Crippen molar-refractivity contribution in [3.63, 3.8) is 0 Å². The number of benzene rings is 1. The summed E-state index contributed by atoms with van der Waals surface area (Å²) in [6.45, 7) is -0.189. The van der Waals surface area contributed by atoms with Crippen LogP contribution in [0.3, 0.4) is 0 Å². The molecule has 2 bridgehead atoms. The number of imide groups is 1. The number of hydrogen-bond acceptors (Lipinski definition) is 6. The van der Waals surface area contributed by atoms with Crippen molar-refractivity contribution < 1.29 is 19.1 Å². The zero-order valence-electron chi connectivity index (χ0n) is 14.8. The highest BCUT2D eigenvalue weighted by Crippen LogP contribution is 2.52. The fourth-order valence-corrected chi connectivity index (χ4v) is 4.86. The van der Waals surface area contributed by atoms with E-state index < -0.39 is 0 Å². The van der Waals surface area contributed by atoms with Gasteiger partial charge in [0.1, 0.15) is 11.1 Å². The first kappa shape index (κ1) is 19.0. The molecule has 2 amide bonds. The fraction of sp³-hybridized carbons (Fsp3) is 0.368. The van der Waals surface area contributed by atoms with E-state index in [4.69, 9.17) is 26.3 Å². The minimum Gasteiger partial charge on any atom is -0.493 e. The van der Waals surface area contributed by atoms with Crippen molar-refractivity contribution in [2.75, 3.05) is 13.7 Å². The zero-order valence-corrected chi connectivity index (χ0v) is 17.1. The number of amides is 2. The summed E-state index contributed by atoms with van der Waals surface area (Å²) in [4.78, 5) is 25.4. The van der Waals surface area contributed by atoms with Crippen molar-refractivity contribution in [3.8, 4) is 17.6 Å². The number of carbonyl (C=O) groups excluding carboxylic acids is 2. The molecule has 1 saturated heterocycles. The van der Waals surface area contributed by atoms with Gasteiger partial charge in [-0.05, 0) is 40.3 Å². The second kappa shape index (κ2) is 7.22. The van der Waals surface area contributed by atoms with Gasteiger partial charge in [-0.1, -0.05) is 23.8 Å². The maximum Gasteiger partial charge on any atom is 0.254 e. The van der Waals surface area contributed by atoms with E-state index in [9.17, 15) is 9.59 Å². The Morgan fingerprint density at radius 1 is 1.36 bits per heavy atom. The largest absolute Gasteiger partial charge is 0.493 e. The van der Waals surface area contributed by atoms with Crippen LogP contribution < -0.4 is 9.47 Å². The standard InChI is InChI=1S/C19H15BrClN3O4/c1-27-12-7-11(15(20)16(21)17(12)28-5-4-22)8-23-24-18(25)13-9-2-3-10(6-9)14(13)19(24)26/h2-3,7-10,13-14H,5-6H2,1H3/t9-,10-,13-,14+/m0/s1. The van der Waals surface area contributed by atoms with E-state index in [1.54, 1.807) is 6.07 Å². The van der Waals surface area contributed by atoms with Crippen LogP contribution in [-0.2, 0) is 9.59 Å². The van der Waals surface area contributed by atoms with Crippen LogP contribution in [0.25, 0.3) is 0 Å². The predicted molar refractivity (Wildman–Crippen MR) is 104 cm³/mol. The third-order valence-electron chi connectivity index (χ3n) is 5.42. The van der Waals surface area contributed by atoms with Gasteiger partial charge < -0.3 is 9.47 Å². The number of nitrogens with zero attached hydrogens (tertiary/aromatic N) is 3. The summed E-state index contributed by atoms with van der Waals surface area (Å²) in [5.74, 6) is -0.333. The van der Waals surface area contributed by atoms with Gasteiger partial charge in [0.15, 0.2) is 18.1 Å². The highest BCUT2D eigenvalue weighted by Gasteiger charge is 2.59. The van der Waals surface area contributed by atoms with Crippen molar-refractivity contribution in [3.05, 3.63) is 33.3 Å². The average molecular weight is 465 g/mol. The van der Waals surface area contributed by atoms with Crippen LogP contribution in [0.1, 0.15) is 12.0 Å². The van der Waals surface area contributed by atoms with Crippen LogP contribution in [0.5, 0.6) is 11.5 Å². The van der Waals surface area contributed by atoms with E-state index in [1.165, 1.54) is 13.3 Å². The van der Waals surface area contributed by atoms with Gasteiger partial charge in [-0.15, -0.1) is 0 Å². The van der Waals surface area contributed by atoms with E-state index in [0.29, 0.717) is 15.8 Å². The van der Waals surface area contributed by atoms with Crippen LogP contribution in [0.4, 0.5) is 0 Å². The molecule has 0 N–H and O–H groups in total. The second-order valence-corrected chi connectivity index (χ2v) is 7.98. The Morgan fingerprint density at radius 3 is 2.57 bits per heavy atom. The molecule has 2 fully saturated rings. The molecule has 4 rings (SSSR count). The topological polar surface area (TPSA) is 92.0 Å². The summed E-state index contributed by atoms with van der Waals surface area (Å²) >= 11 is 9.68. The minimum atomic E-state index is -0.303. The average Bonchev–Trinajstić information content (AvgIpc) is 3.37. The lowest BCUT2D eigenvalue weighted by Gasteiger charge is -2.14. The summed E-state index contributed by atoms with van der Waals surface area (Å²) in [7, 11) is 1.44. The van der Waals surface area contributed by atoms with Crippen molar-refractivity contribution in [1.82, 2.24) is 5.01 Å². The first-order valence-corrected chi connectivity index (χ1v) is 9.80. The Balaban J connectivity index is 1.62. The molecule has 0 radical (unpaired) electrons. The van der Waals surface area contributed by atoms with E-state index in [1.807, 2.05) is 18.2 Å². The zero-order chi connectivity index (χ0) is 20.0. The van der Waals surface area contributed by atoms with Gasteiger partial charge in [0.05, 0.1) is 25.2 Å². The molecule has 9 heteroatoms. The molecule has 28 heavy (non-hydrogen) atoms. The number of nitriles is 1. The van der Waals surface area contributed by atoms with Gasteiger partial charge in [0.2, 0.25) is 0 Å². The normalized spacial score (nSPS) is 27.6. The van der Waals surface area contributed by atoms with Crippen molar-refractivity contribution in [1.29, 1.82) is 5.26 Å². The molecular weight excluding hydrogens is 450 g/mol. The Kier molecular flexibility index (Phi) is 4.89. The molecule has 4 atom stereocenters. The van der Waals surface area contributed by atoms with E-state index >= 15 is 0 Å². The third kappa shape index (κ3) is 2.81. The molecule has 0 spiro atoms. The van der Waals surface area contributed by atoms with Crippen molar-refractivity contribution >= 4 is 45.6 Å². The quantitative estimate of drug-likeness (QED) is 0.379. The van der Waals surface area contributed by atoms with Gasteiger partial charge in [-0.3, -0.25) is 9.59 Å². The Labute approximate surface area is 174 Å². The smallest absolute Gasteiger partial charge is 0.254 e. The lowest BCUT2D eigenvalue weighted by Crippen LogP contribution is -2.28. The van der Waals surface area contributed by atoms with Crippen molar-refractivity contribution in [2.45, 2.75) is 6.42 Å². The Morgan fingerprint density at radius 2 is 2.00 bits per heavy atom. The minimum absolute atomic E-state index is 0.129. The van der Waals surface area contributed by atoms with Crippen LogP contribution in [0.15, 0.2) is 27.8 Å². The number of carbonyl (C=O) groups is 2. The number of hydrogen-bond donors (Lipinski definition) is 0. The van der Waals surface area contributed by atoms with Gasteiger partial charge >= 0.3 is 0 Å². The first-order chi connectivity index (χ1) is 13.5. The molecular formula is C19H15BrClN3O4. The molecule has 0 unspecified atom stereocenters. The molecule has 144 valence electrons. The van der Waals surface area contributed by atoms with Gasteiger partial charge in [0, 0.05) is 10.0 Å². The lowest BCUT2D eigenvalue weighted by atomic mass is 9.85. The molecule has 0 aromatic heterocycles. The highest BCUT2D eigenvalue weighted by molar-refractivity contribution is 9.10. The molecule has 1 aliphatic heterocycles. The number of halogens is 2. The summed E-state index contributed by atoms with van der Waals surface area (Å²) in [6, 6.07) is 3.47. The van der Waals surface area contributed by atoms with Gasteiger partial charge in [-0.2, -0.15) is 15.4 Å². The Hall–Kier alpha value is -2.37. The number of ether oxygens (including phenoxy) is 2. The molecule has 1 heterocycles. The van der Waals surface area contributed by atoms with Crippen LogP contribution in [0, 0.1) is 35.0 Å². The van der Waals surface area contributed by atoms with Crippen LogP contribution in [0.2, 0.25) is 5.02 Å². The van der Waals surface area contributed by atoms with Crippen LogP contribution in [-0.4, -0.2) is 36.8 Å². The number of allylic oxidation sites excluding steroid dienone is 2. The molecule has 7 nitrogen and oxygen atoms in total. The molecule has 1 saturated carbocycles. The van der Waals surface area contributed by atoms with E-state index in [2.05, 4.69) is 21.0 Å². The maximum absolute atomic E-state index is 12.7. The molecule has 1 aromatic rings. The number of methoxy groups -OCH3 is 1.